The second kappa shape index (κ2) is 11.7. The third kappa shape index (κ3) is 10.4. The summed E-state index contributed by atoms with van der Waals surface area (Å²) >= 11 is 0. The molecule has 0 bridgehead atoms. The van der Waals surface area contributed by atoms with Gasteiger partial charge in [-0.25, -0.2) is 9.79 Å². The van der Waals surface area contributed by atoms with Crippen LogP contribution in [0.4, 0.5) is 18.0 Å². The van der Waals surface area contributed by atoms with Gasteiger partial charge in [0.1, 0.15) is 12.2 Å². The first-order chi connectivity index (χ1) is 13.9. The number of aliphatic imine (C=N–C) groups is 1. The highest BCUT2D eigenvalue weighted by Gasteiger charge is 2.27. The van der Waals surface area contributed by atoms with Crippen molar-refractivity contribution < 1.29 is 27.4 Å². The van der Waals surface area contributed by atoms with Crippen LogP contribution in [0.2, 0.25) is 0 Å². The lowest BCUT2D eigenvalue weighted by Crippen LogP contribution is -2.53. The summed E-state index contributed by atoms with van der Waals surface area (Å²) in [4.78, 5) is 20.0. The lowest BCUT2D eigenvalue weighted by Gasteiger charge is -2.36. The molecule has 0 spiro atoms. The summed E-state index contributed by atoms with van der Waals surface area (Å²) in [5.74, 6) is 0.386. The number of ether oxygens (including phenoxy) is 2. The minimum absolute atomic E-state index is 0. The van der Waals surface area contributed by atoms with Crippen LogP contribution >= 0.6 is 24.0 Å². The molecule has 1 saturated heterocycles. The first kappa shape index (κ1) is 27.3. The van der Waals surface area contributed by atoms with Gasteiger partial charge in [0.15, 0.2) is 5.96 Å². The van der Waals surface area contributed by atoms with E-state index < -0.39 is 18.4 Å². The number of carbonyl (C=O) groups is 1. The number of hydrogen-bond donors (Lipinski definition) is 1. The molecule has 0 aliphatic carbocycles. The Morgan fingerprint density at radius 3 is 2.06 bits per heavy atom. The Morgan fingerprint density at radius 1 is 1.03 bits per heavy atom. The summed E-state index contributed by atoms with van der Waals surface area (Å²) in [6, 6.07) is 6.97. The van der Waals surface area contributed by atoms with Crippen LogP contribution in [-0.2, 0) is 22.6 Å². The minimum Gasteiger partial charge on any atom is -0.444 e. The van der Waals surface area contributed by atoms with Gasteiger partial charge in [-0.1, -0.05) is 24.3 Å². The quantitative estimate of drug-likeness (QED) is 0.339. The third-order valence-corrected chi connectivity index (χ3v) is 4.24. The number of nitrogens with two attached hydrogens (primary N) is 1. The van der Waals surface area contributed by atoms with Crippen LogP contribution in [0.25, 0.3) is 0 Å². The Morgan fingerprint density at radius 2 is 1.55 bits per heavy atom. The third-order valence-electron chi connectivity index (χ3n) is 4.24. The summed E-state index contributed by atoms with van der Waals surface area (Å²) < 4.78 is 46.3. The smallest absolute Gasteiger partial charge is 0.411 e. The van der Waals surface area contributed by atoms with E-state index >= 15 is 0 Å². The summed E-state index contributed by atoms with van der Waals surface area (Å²) in [6.45, 7) is 6.57. The topological polar surface area (TPSA) is 80.4 Å². The molecule has 1 heterocycles. The minimum atomic E-state index is -4.33. The summed E-state index contributed by atoms with van der Waals surface area (Å²) in [6.07, 6.45) is -4.66. The highest BCUT2D eigenvalue weighted by Crippen LogP contribution is 2.16. The molecule has 7 nitrogen and oxygen atoms in total. The fraction of sp³-hybridized carbons (Fsp3) is 0.600. The fourth-order valence-corrected chi connectivity index (χ4v) is 2.74. The molecule has 1 aliphatic rings. The van der Waals surface area contributed by atoms with Crippen molar-refractivity contribution >= 4 is 36.0 Å². The van der Waals surface area contributed by atoms with E-state index in [1.54, 1.807) is 29.2 Å². The molecule has 0 unspecified atom stereocenters. The van der Waals surface area contributed by atoms with Gasteiger partial charge < -0.3 is 25.0 Å². The van der Waals surface area contributed by atoms with Crippen LogP contribution in [-0.4, -0.2) is 66.4 Å². The van der Waals surface area contributed by atoms with Crippen molar-refractivity contribution in [2.45, 2.75) is 45.7 Å². The number of nitrogens with zero attached hydrogens (tertiary/aromatic N) is 3. The van der Waals surface area contributed by atoms with E-state index in [0.717, 1.165) is 5.56 Å². The molecule has 2 rings (SSSR count). The Labute approximate surface area is 197 Å². The van der Waals surface area contributed by atoms with Gasteiger partial charge >= 0.3 is 12.3 Å². The molecule has 0 atom stereocenters. The van der Waals surface area contributed by atoms with Gasteiger partial charge in [0.2, 0.25) is 0 Å². The van der Waals surface area contributed by atoms with Crippen molar-refractivity contribution in [2.75, 3.05) is 32.8 Å². The van der Waals surface area contributed by atoms with Crippen LogP contribution < -0.4 is 5.73 Å². The van der Waals surface area contributed by atoms with Crippen LogP contribution in [0.1, 0.15) is 31.9 Å². The number of piperazine rings is 1. The van der Waals surface area contributed by atoms with E-state index in [0.29, 0.717) is 44.2 Å². The molecule has 1 fully saturated rings. The van der Waals surface area contributed by atoms with Crippen molar-refractivity contribution in [3.05, 3.63) is 35.4 Å². The number of alkyl halides is 3. The standard InChI is InChI=1S/C20H29F3N4O3.HI/c1-19(2,3)30-18(28)27-10-8-26(9-11-27)17(24)25-12-15-4-6-16(7-5-15)13-29-14-20(21,22)23;/h4-7H,8-14H2,1-3H3,(H2,24,25);1H. The maximum Gasteiger partial charge on any atom is 0.411 e. The SMILES string of the molecule is CC(C)(C)OC(=O)N1CCN(C(N)=NCc2ccc(COCC(F)(F)F)cc2)CC1.I. The normalized spacial score (nSPS) is 15.5. The van der Waals surface area contributed by atoms with Crippen LogP contribution in [0.3, 0.4) is 0 Å². The monoisotopic (exact) mass is 558 g/mol. The predicted octanol–water partition coefficient (Wildman–Crippen LogP) is 3.75. The van der Waals surface area contributed by atoms with Crippen molar-refractivity contribution in [1.82, 2.24) is 9.80 Å². The van der Waals surface area contributed by atoms with Gasteiger partial charge in [-0.3, -0.25) is 0 Å². The molecule has 2 N–H and O–H groups in total. The maximum absolute atomic E-state index is 12.1. The molecule has 31 heavy (non-hydrogen) atoms. The number of amides is 1. The van der Waals surface area contributed by atoms with Crippen molar-refractivity contribution in [2.24, 2.45) is 10.7 Å². The molecule has 1 aromatic carbocycles. The lowest BCUT2D eigenvalue weighted by atomic mass is 10.1. The van der Waals surface area contributed by atoms with Crippen molar-refractivity contribution in [3.63, 3.8) is 0 Å². The summed E-state index contributed by atoms with van der Waals surface area (Å²) in [7, 11) is 0. The Balaban J connectivity index is 0.00000480. The van der Waals surface area contributed by atoms with E-state index in [2.05, 4.69) is 9.73 Å². The number of carbonyl (C=O) groups excluding carboxylic acids is 1. The zero-order valence-electron chi connectivity index (χ0n) is 17.9. The second-order valence-corrected chi connectivity index (χ2v) is 8.05. The zero-order chi connectivity index (χ0) is 22.4. The molecular weight excluding hydrogens is 528 g/mol. The zero-order valence-corrected chi connectivity index (χ0v) is 20.3. The number of rotatable bonds is 5. The van der Waals surface area contributed by atoms with Crippen LogP contribution in [0, 0.1) is 0 Å². The number of hydrogen-bond acceptors (Lipinski definition) is 4. The van der Waals surface area contributed by atoms with E-state index in [1.807, 2.05) is 25.7 Å². The number of benzene rings is 1. The van der Waals surface area contributed by atoms with Gasteiger partial charge in [-0.2, -0.15) is 13.2 Å². The predicted molar refractivity (Wildman–Crippen MR) is 122 cm³/mol. The highest BCUT2D eigenvalue weighted by atomic mass is 127. The molecule has 0 saturated carbocycles. The van der Waals surface area contributed by atoms with Gasteiger partial charge in [-0.05, 0) is 31.9 Å². The summed E-state index contributed by atoms with van der Waals surface area (Å²) in [5, 5.41) is 0. The Bertz CT molecular complexity index is 729. The van der Waals surface area contributed by atoms with Gasteiger partial charge in [-0.15, -0.1) is 24.0 Å². The van der Waals surface area contributed by atoms with E-state index in [-0.39, 0.29) is 36.7 Å². The van der Waals surface area contributed by atoms with Gasteiger partial charge in [0, 0.05) is 26.2 Å². The molecule has 1 aliphatic heterocycles. The van der Waals surface area contributed by atoms with E-state index in [9.17, 15) is 18.0 Å². The molecule has 1 aromatic rings. The molecule has 176 valence electrons. The highest BCUT2D eigenvalue weighted by molar-refractivity contribution is 14.0. The first-order valence-electron chi connectivity index (χ1n) is 9.68. The molecule has 0 radical (unpaired) electrons. The number of guanidine groups is 1. The molecule has 11 heteroatoms. The maximum atomic E-state index is 12.1. The van der Waals surface area contributed by atoms with E-state index in [1.165, 1.54) is 0 Å². The van der Waals surface area contributed by atoms with Gasteiger partial charge in [0.05, 0.1) is 13.2 Å². The van der Waals surface area contributed by atoms with Gasteiger partial charge in [0.25, 0.3) is 0 Å². The Hall–Kier alpha value is -1.76. The number of halogens is 4. The van der Waals surface area contributed by atoms with Crippen LogP contribution in [0.15, 0.2) is 29.3 Å². The van der Waals surface area contributed by atoms with Crippen molar-refractivity contribution in [1.29, 1.82) is 0 Å². The largest absolute Gasteiger partial charge is 0.444 e. The average molecular weight is 558 g/mol. The summed E-state index contributed by atoms with van der Waals surface area (Å²) in [5.41, 5.74) is 7.07. The Kier molecular flexibility index (Phi) is 10.3. The molecular formula is C20H30F3IN4O3. The first-order valence-corrected chi connectivity index (χ1v) is 9.68. The fourth-order valence-electron chi connectivity index (χ4n) is 2.74. The molecule has 1 amide bonds. The van der Waals surface area contributed by atoms with Crippen molar-refractivity contribution in [3.8, 4) is 0 Å². The molecule has 0 aromatic heterocycles. The van der Waals surface area contributed by atoms with Crippen LogP contribution in [0.5, 0.6) is 0 Å². The average Bonchev–Trinajstić information content (AvgIpc) is 2.65. The van der Waals surface area contributed by atoms with E-state index in [4.69, 9.17) is 10.5 Å². The lowest BCUT2D eigenvalue weighted by molar-refractivity contribution is -0.176. The second-order valence-electron chi connectivity index (χ2n) is 8.05.